The van der Waals surface area contributed by atoms with Crippen LogP contribution in [0.5, 0.6) is 0 Å². The highest BCUT2D eigenvalue weighted by molar-refractivity contribution is 5.95. The third-order valence-corrected chi connectivity index (χ3v) is 3.41. The van der Waals surface area contributed by atoms with Gasteiger partial charge < -0.3 is 20.9 Å². The van der Waals surface area contributed by atoms with Crippen LogP contribution in [-0.2, 0) is 0 Å². The summed E-state index contributed by atoms with van der Waals surface area (Å²) in [5.41, 5.74) is 6.68. The van der Waals surface area contributed by atoms with E-state index < -0.39 is 0 Å². The average molecular weight is 265 g/mol. The van der Waals surface area contributed by atoms with Crippen molar-refractivity contribution in [2.24, 2.45) is 16.8 Å². The number of nitrogens with zero attached hydrogens (tertiary/aromatic N) is 4. The van der Waals surface area contributed by atoms with Gasteiger partial charge in [0.15, 0.2) is 5.84 Å². The van der Waals surface area contributed by atoms with Crippen LogP contribution < -0.4 is 10.6 Å². The summed E-state index contributed by atoms with van der Waals surface area (Å²) in [6.45, 7) is 5.14. The number of aromatic nitrogens is 2. The number of aliphatic hydroxyl groups is 1. The molecule has 1 aromatic rings. The maximum atomic E-state index is 9.92. The van der Waals surface area contributed by atoms with Crippen molar-refractivity contribution in [3.63, 3.8) is 0 Å². The fourth-order valence-corrected chi connectivity index (χ4v) is 2.11. The largest absolute Gasteiger partial charge is 0.409 e. The van der Waals surface area contributed by atoms with Crippen LogP contribution in [0.3, 0.4) is 0 Å². The number of anilines is 1. The van der Waals surface area contributed by atoms with Gasteiger partial charge in [0.2, 0.25) is 5.95 Å². The molecule has 0 amide bonds. The number of hydrogen-bond donors (Lipinski definition) is 3. The van der Waals surface area contributed by atoms with Gasteiger partial charge in [0.1, 0.15) is 5.69 Å². The Kier molecular flexibility index (Phi) is 3.84. The van der Waals surface area contributed by atoms with E-state index in [-0.39, 0.29) is 17.9 Å². The molecule has 1 aromatic heterocycles. The molecule has 0 aliphatic carbocycles. The minimum absolute atomic E-state index is 0.0438. The predicted molar refractivity (Wildman–Crippen MR) is 71.3 cm³/mol. The number of aryl methyl sites for hydroxylation is 1. The summed E-state index contributed by atoms with van der Waals surface area (Å²) in [6.07, 6.45) is 0.502. The smallest absolute Gasteiger partial charge is 0.226 e. The molecule has 1 saturated heterocycles. The number of amidine groups is 1. The molecule has 0 spiro atoms. The first-order valence-electron chi connectivity index (χ1n) is 6.28. The van der Waals surface area contributed by atoms with Crippen molar-refractivity contribution in [1.82, 2.24) is 9.97 Å². The lowest BCUT2D eigenvalue weighted by atomic mass is 9.96. The Balaban J connectivity index is 2.27. The molecule has 7 nitrogen and oxygen atoms in total. The van der Waals surface area contributed by atoms with E-state index in [4.69, 9.17) is 10.9 Å². The van der Waals surface area contributed by atoms with Crippen LogP contribution in [-0.4, -0.2) is 45.3 Å². The van der Waals surface area contributed by atoms with Gasteiger partial charge in [-0.15, -0.1) is 0 Å². The van der Waals surface area contributed by atoms with Gasteiger partial charge in [0.25, 0.3) is 0 Å². The lowest BCUT2D eigenvalue weighted by molar-refractivity contribution is 0.102. The van der Waals surface area contributed by atoms with Gasteiger partial charge in [-0.3, -0.25) is 0 Å². The lowest BCUT2D eigenvalue weighted by Gasteiger charge is -2.34. The van der Waals surface area contributed by atoms with Crippen molar-refractivity contribution in [1.29, 1.82) is 0 Å². The maximum Gasteiger partial charge on any atom is 0.226 e. The van der Waals surface area contributed by atoms with Crippen LogP contribution in [0.15, 0.2) is 11.2 Å². The fraction of sp³-hybridized carbons (Fsp3) is 0.583. The van der Waals surface area contributed by atoms with Crippen molar-refractivity contribution in [3.8, 4) is 0 Å². The minimum Gasteiger partial charge on any atom is -0.409 e. The maximum absolute atomic E-state index is 9.92. The van der Waals surface area contributed by atoms with E-state index in [1.165, 1.54) is 0 Å². The molecule has 1 aliphatic heterocycles. The topological polar surface area (TPSA) is 108 Å². The third kappa shape index (κ3) is 2.93. The Bertz CT molecular complexity index is 491. The summed E-state index contributed by atoms with van der Waals surface area (Å²) in [5, 5.41) is 21.6. The van der Waals surface area contributed by atoms with Crippen LogP contribution in [0.1, 0.15) is 24.7 Å². The first kappa shape index (κ1) is 13.5. The third-order valence-electron chi connectivity index (χ3n) is 3.41. The van der Waals surface area contributed by atoms with Crippen molar-refractivity contribution >= 4 is 11.8 Å². The van der Waals surface area contributed by atoms with Gasteiger partial charge in [0, 0.05) is 18.8 Å². The van der Waals surface area contributed by atoms with Gasteiger partial charge in [-0.05, 0) is 25.3 Å². The molecular formula is C12H19N5O2. The zero-order chi connectivity index (χ0) is 14.0. The van der Waals surface area contributed by atoms with Gasteiger partial charge in [0.05, 0.1) is 6.10 Å². The van der Waals surface area contributed by atoms with E-state index in [0.717, 1.165) is 18.7 Å². The Morgan fingerprint density at radius 2 is 2.26 bits per heavy atom. The summed E-state index contributed by atoms with van der Waals surface area (Å²) in [7, 11) is 0. The van der Waals surface area contributed by atoms with E-state index in [0.29, 0.717) is 18.2 Å². The van der Waals surface area contributed by atoms with Gasteiger partial charge in [-0.25, -0.2) is 9.97 Å². The molecule has 0 radical (unpaired) electrons. The van der Waals surface area contributed by atoms with Gasteiger partial charge in [-0.1, -0.05) is 12.1 Å². The number of nitrogens with two attached hydrogens (primary N) is 1. The number of β-amino-alcohol motifs (C(OH)–C–C–N with tert-alkyl or cyclic N) is 1. The van der Waals surface area contributed by atoms with Crippen LogP contribution in [0, 0.1) is 12.8 Å². The number of piperidine rings is 1. The Labute approximate surface area is 111 Å². The van der Waals surface area contributed by atoms with E-state index in [9.17, 15) is 5.11 Å². The normalized spacial score (nSPS) is 24.6. The number of aliphatic hydroxyl groups excluding tert-OH is 1. The molecule has 4 N–H and O–H groups in total. The molecule has 19 heavy (non-hydrogen) atoms. The first-order chi connectivity index (χ1) is 9.01. The molecule has 0 aromatic carbocycles. The van der Waals surface area contributed by atoms with Crippen LogP contribution in [0.4, 0.5) is 5.95 Å². The highest BCUT2D eigenvalue weighted by atomic mass is 16.4. The van der Waals surface area contributed by atoms with E-state index >= 15 is 0 Å². The van der Waals surface area contributed by atoms with E-state index in [2.05, 4.69) is 15.1 Å². The van der Waals surface area contributed by atoms with Crippen LogP contribution >= 0.6 is 0 Å². The van der Waals surface area contributed by atoms with Crippen molar-refractivity contribution < 1.29 is 10.3 Å². The van der Waals surface area contributed by atoms with Crippen LogP contribution in [0.25, 0.3) is 0 Å². The van der Waals surface area contributed by atoms with Crippen LogP contribution in [0.2, 0.25) is 0 Å². The predicted octanol–water partition coefficient (Wildman–Crippen LogP) is 0.0866. The Hall–Kier alpha value is -1.89. The monoisotopic (exact) mass is 265 g/mol. The molecule has 104 valence electrons. The molecule has 2 rings (SSSR count). The van der Waals surface area contributed by atoms with Gasteiger partial charge >= 0.3 is 0 Å². The minimum atomic E-state index is -0.384. The number of rotatable bonds is 2. The summed E-state index contributed by atoms with van der Waals surface area (Å²) in [4.78, 5) is 10.5. The quantitative estimate of drug-likeness (QED) is 0.303. The summed E-state index contributed by atoms with van der Waals surface area (Å²) in [5.74, 6) is 0.745. The summed E-state index contributed by atoms with van der Waals surface area (Å²) < 4.78 is 0. The highest BCUT2D eigenvalue weighted by Crippen LogP contribution is 2.21. The fourth-order valence-electron chi connectivity index (χ4n) is 2.11. The molecule has 0 bridgehead atoms. The van der Waals surface area contributed by atoms with Crippen molar-refractivity contribution in [3.05, 3.63) is 17.5 Å². The molecule has 2 heterocycles. The molecule has 2 atom stereocenters. The molecular weight excluding hydrogens is 246 g/mol. The molecule has 0 saturated carbocycles. The Morgan fingerprint density at radius 1 is 1.53 bits per heavy atom. The molecule has 2 unspecified atom stereocenters. The SMILES string of the molecule is Cc1cc(/C(N)=N/O)nc(N2CCC(C)C(O)C2)n1. The summed E-state index contributed by atoms with van der Waals surface area (Å²) in [6, 6.07) is 1.65. The molecule has 1 fully saturated rings. The highest BCUT2D eigenvalue weighted by Gasteiger charge is 2.26. The standard InChI is InChI=1S/C12H19N5O2/c1-7-3-4-17(6-10(7)18)12-14-8(2)5-9(15-12)11(13)16-19/h5,7,10,18-19H,3-4,6H2,1-2H3,(H2,13,16). The second-order valence-corrected chi connectivity index (χ2v) is 4.96. The molecule has 7 heteroatoms. The summed E-state index contributed by atoms with van der Waals surface area (Å²) >= 11 is 0. The number of hydrogen-bond acceptors (Lipinski definition) is 6. The van der Waals surface area contributed by atoms with Gasteiger partial charge in [-0.2, -0.15) is 0 Å². The first-order valence-corrected chi connectivity index (χ1v) is 6.28. The zero-order valence-electron chi connectivity index (χ0n) is 11.1. The second-order valence-electron chi connectivity index (χ2n) is 4.96. The lowest BCUT2D eigenvalue weighted by Crippen LogP contribution is -2.43. The number of oxime groups is 1. The second kappa shape index (κ2) is 5.40. The zero-order valence-corrected chi connectivity index (χ0v) is 11.1. The molecule has 1 aliphatic rings. The average Bonchev–Trinajstić information content (AvgIpc) is 2.40. The van der Waals surface area contributed by atoms with E-state index in [1.54, 1.807) is 6.07 Å². The Morgan fingerprint density at radius 3 is 2.89 bits per heavy atom. The van der Waals surface area contributed by atoms with Crippen molar-refractivity contribution in [2.75, 3.05) is 18.0 Å². The van der Waals surface area contributed by atoms with Crippen molar-refractivity contribution in [2.45, 2.75) is 26.4 Å². The van der Waals surface area contributed by atoms with E-state index in [1.807, 2.05) is 18.7 Å².